The minimum Gasteiger partial charge on any atom is -0.264 e. The predicted octanol–water partition coefficient (Wildman–Crippen LogP) is 7.55. The Balaban J connectivity index is 1.42. The zero-order valence-corrected chi connectivity index (χ0v) is 18.3. The highest BCUT2D eigenvalue weighted by atomic mass is 32.1. The second-order valence-electron chi connectivity index (χ2n) is 7.81. The summed E-state index contributed by atoms with van der Waals surface area (Å²) in [5.74, 6) is 0.768. The molecule has 0 N–H and O–H groups in total. The molecule has 0 saturated heterocycles. The predicted molar refractivity (Wildman–Crippen MR) is 134 cm³/mol. The summed E-state index contributed by atoms with van der Waals surface area (Å²) >= 11 is 1.83. The van der Waals surface area contributed by atoms with E-state index in [1.165, 1.54) is 20.2 Å². The van der Waals surface area contributed by atoms with E-state index in [4.69, 9.17) is 9.97 Å². The summed E-state index contributed by atoms with van der Waals surface area (Å²) in [5, 5.41) is 2.58. The molecule has 152 valence electrons. The largest absolute Gasteiger partial charge is 0.264 e. The molecule has 3 aromatic heterocycles. The van der Waals surface area contributed by atoms with Gasteiger partial charge in [0.1, 0.15) is 5.82 Å². The summed E-state index contributed by atoms with van der Waals surface area (Å²) in [6.45, 7) is 1.95. The molecule has 0 spiro atoms. The van der Waals surface area contributed by atoms with Gasteiger partial charge in [-0.2, -0.15) is 0 Å². The SMILES string of the molecule is Cc1nc(-c2ccc(-c3cccnc3)cc2)cc(-c2ccc3sc4ccccc4c3c2)n1. The first-order valence-electron chi connectivity index (χ1n) is 10.5. The molecule has 0 bridgehead atoms. The molecule has 0 radical (unpaired) electrons. The second-order valence-corrected chi connectivity index (χ2v) is 8.90. The zero-order chi connectivity index (χ0) is 21.5. The van der Waals surface area contributed by atoms with Crippen molar-refractivity contribution in [3.05, 3.63) is 103 Å². The quantitative estimate of drug-likeness (QED) is 0.291. The van der Waals surface area contributed by atoms with Gasteiger partial charge >= 0.3 is 0 Å². The van der Waals surface area contributed by atoms with Crippen LogP contribution in [-0.4, -0.2) is 15.0 Å². The number of fused-ring (bicyclic) bond motifs is 3. The summed E-state index contributed by atoms with van der Waals surface area (Å²) in [6.07, 6.45) is 3.67. The number of rotatable bonds is 3. The Labute approximate surface area is 190 Å². The number of aromatic nitrogens is 3. The van der Waals surface area contributed by atoms with Gasteiger partial charge in [0.05, 0.1) is 11.4 Å². The third-order valence-corrected chi connectivity index (χ3v) is 6.84. The highest BCUT2D eigenvalue weighted by Gasteiger charge is 2.10. The van der Waals surface area contributed by atoms with Gasteiger partial charge in [-0.25, -0.2) is 9.97 Å². The van der Waals surface area contributed by atoms with Gasteiger partial charge in [-0.1, -0.05) is 54.6 Å². The van der Waals surface area contributed by atoms with E-state index in [1.807, 2.05) is 30.5 Å². The number of pyridine rings is 1. The van der Waals surface area contributed by atoms with Gasteiger partial charge in [0.15, 0.2) is 0 Å². The molecule has 0 aliphatic heterocycles. The number of benzene rings is 3. The molecule has 0 fully saturated rings. The first-order chi connectivity index (χ1) is 15.7. The van der Waals surface area contributed by atoms with Crippen LogP contribution in [0.1, 0.15) is 5.82 Å². The Morgan fingerprint density at radius 1 is 0.594 bits per heavy atom. The van der Waals surface area contributed by atoms with E-state index < -0.39 is 0 Å². The van der Waals surface area contributed by atoms with Crippen LogP contribution in [0.5, 0.6) is 0 Å². The minimum atomic E-state index is 0.768. The van der Waals surface area contributed by atoms with Crippen molar-refractivity contribution in [2.24, 2.45) is 0 Å². The Morgan fingerprint density at radius 3 is 2.12 bits per heavy atom. The highest BCUT2D eigenvalue weighted by molar-refractivity contribution is 7.25. The molecule has 3 heterocycles. The van der Waals surface area contributed by atoms with E-state index in [9.17, 15) is 0 Å². The number of hydrogen-bond donors (Lipinski definition) is 0. The Morgan fingerprint density at radius 2 is 1.31 bits per heavy atom. The Kier molecular flexibility index (Phi) is 4.51. The minimum absolute atomic E-state index is 0.768. The van der Waals surface area contributed by atoms with E-state index in [1.54, 1.807) is 6.20 Å². The average Bonchev–Trinajstić information content (AvgIpc) is 3.22. The van der Waals surface area contributed by atoms with Crippen molar-refractivity contribution >= 4 is 31.5 Å². The molecule has 6 aromatic rings. The van der Waals surface area contributed by atoms with Gasteiger partial charge in [0.25, 0.3) is 0 Å². The molecule has 0 saturated carbocycles. The van der Waals surface area contributed by atoms with Crippen LogP contribution in [0.4, 0.5) is 0 Å². The van der Waals surface area contributed by atoms with E-state index >= 15 is 0 Å². The average molecular weight is 430 g/mol. The van der Waals surface area contributed by atoms with Gasteiger partial charge in [0, 0.05) is 43.7 Å². The fourth-order valence-electron chi connectivity index (χ4n) is 4.12. The highest BCUT2D eigenvalue weighted by Crippen LogP contribution is 2.36. The van der Waals surface area contributed by atoms with Gasteiger partial charge in [0.2, 0.25) is 0 Å². The normalized spacial score (nSPS) is 11.3. The zero-order valence-electron chi connectivity index (χ0n) is 17.5. The number of nitrogens with zero attached hydrogens (tertiary/aromatic N) is 3. The van der Waals surface area contributed by atoms with Crippen molar-refractivity contribution in [2.75, 3.05) is 0 Å². The van der Waals surface area contributed by atoms with Crippen LogP contribution in [0.2, 0.25) is 0 Å². The van der Waals surface area contributed by atoms with Gasteiger partial charge in [-0.05, 0) is 48.4 Å². The van der Waals surface area contributed by atoms with Crippen molar-refractivity contribution in [1.29, 1.82) is 0 Å². The lowest BCUT2D eigenvalue weighted by atomic mass is 10.0. The third kappa shape index (κ3) is 3.35. The van der Waals surface area contributed by atoms with E-state index in [0.29, 0.717) is 0 Å². The van der Waals surface area contributed by atoms with Gasteiger partial charge in [-0.15, -0.1) is 11.3 Å². The standard InChI is InChI=1S/C28H19N3S/c1-18-30-25(20-10-8-19(9-11-20)22-5-4-14-29-17-22)16-26(31-18)21-12-13-28-24(15-21)23-6-2-3-7-27(23)32-28/h2-17H,1H3. The van der Waals surface area contributed by atoms with Crippen LogP contribution < -0.4 is 0 Å². The van der Waals surface area contributed by atoms with Gasteiger partial charge < -0.3 is 0 Å². The summed E-state index contributed by atoms with van der Waals surface area (Å²) in [5.41, 5.74) is 6.31. The maximum Gasteiger partial charge on any atom is 0.126 e. The van der Waals surface area contributed by atoms with Crippen LogP contribution in [0.15, 0.2) is 97.3 Å². The lowest BCUT2D eigenvalue weighted by Crippen LogP contribution is -1.94. The monoisotopic (exact) mass is 429 g/mol. The van der Waals surface area contributed by atoms with E-state index in [-0.39, 0.29) is 0 Å². The summed E-state index contributed by atoms with van der Waals surface area (Å²) < 4.78 is 2.61. The van der Waals surface area contributed by atoms with Crippen molar-refractivity contribution in [2.45, 2.75) is 6.92 Å². The smallest absolute Gasteiger partial charge is 0.126 e. The lowest BCUT2D eigenvalue weighted by molar-refractivity contribution is 1.06. The summed E-state index contributed by atoms with van der Waals surface area (Å²) in [4.78, 5) is 13.7. The van der Waals surface area contributed by atoms with Crippen LogP contribution in [0.25, 0.3) is 53.8 Å². The Bertz CT molecular complexity index is 1570. The number of hydrogen-bond acceptors (Lipinski definition) is 4. The number of thiophene rings is 1. The van der Waals surface area contributed by atoms with Crippen LogP contribution >= 0.6 is 11.3 Å². The molecule has 3 aromatic carbocycles. The topological polar surface area (TPSA) is 38.7 Å². The molecule has 0 aliphatic rings. The van der Waals surface area contributed by atoms with Crippen LogP contribution in [0, 0.1) is 6.92 Å². The first-order valence-corrected chi connectivity index (χ1v) is 11.3. The first kappa shape index (κ1) is 18.8. The fourth-order valence-corrected chi connectivity index (χ4v) is 5.20. The molecule has 0 atom stereocenters. The molecular weight excluding hydrogens is 410 g/mol. The van der Waals surface area contributed by atoms with E-state index in [0.717, 1.165) is 39.5 Å². The summed E-state index contributed by atoms with van der Waals surface area (Å²) in [6, 6.07) is 29.8. The van der Waals surface area contributed by atoms with Crippen molar-refractivity contribution in [3.8, 4) is 33.6 Å². The maximum absolute atomic E-state index is 4.75. The second kappa shape index (κ2) is 7.66. The van der Waals surface area contributed by atoms with Crippen molar-refractivity contribution in [3.63, 3.8) is 0 Å². The van der Waals surface area contributed by atoms with E-state index in [2.05, 4.69) is 83.8 Å². The fraction of sp³-hybridized carbons (Fsp3) is 0.0357. The molecular formula is C28H19N3S. The maximum atomic E-state index is 4.75. The molecule has 6 rings (SSSR count). The van der Waals surface area contributed by atoms with Crippen LogP contribution in [0.3, 0.4) is 0 Å². The molecule has 32 heavy (non-hydrogen) atoms. The lowest BCUT2D eigenvalue weighted by Gasteiger charge is -2.08. The molecule has 0 amide bonds. The molecule has 4 heteroatoms. The van der Waals surface area contributed by atoms with Crippen molar-refractivity contribution in [1.82, 2.24) is 15.0 Å². The summed E-state index contributed by atoms with van der Waals surface area (Å²) in [7, 11) is 0. The molecule has 3 nitrogen and oxygen atoms in total. The van der Waals surface area contributed by atoms with Crippen molar-refractivity contribution < 1.29 is 0 Å². The molecule has 0 aliphatic carbocycles. The Hall–Kier alpha value is -3.89. The third-order valence-electron chi connectivity index (χ3n) is 5.69. The number of aryl methyl sites for hydroxylation is 1. The van der Waals surface area contributed by atoms with Crippen LogP contribution in [-0.2, 0) is 0 Å². The molecule has 0 unspecified atom stereocenters. The van der Waals surface area contributed by atoms with Gasteiger partial charge in [-0.3, -0.25) is 4.98 Å².